The van der Waals surface area contributed by atoms with Gasteiger partial charge in [-0.2, -0.15) is 4.39 Å². The first kappa shape index (κ1) is 11.3. The fraction of sp³-hybridized carbons (Fsp3) is 0. The third-order valence-corrected chi connectivity index (χ3v) is 2.13. The van der Waals surface area contributed by atoms with Gasteiger partial charge in [0, 0.05) is 0 Å². The highest BCUT2D eigenvalue weighted by Gasteiger charge is 2.10. The van der Waals surface area contributed by atoms with E-state index in [1.807, 2.05) is 0 Å². The van der Waals surface area contributed by atoms with Crippen LogP contribution in [0.3, 0.4) is 0 Å². The molecule has 0 saturated heterocycles. The topological polar surface area (TPSA) is 26.3 Å². The lowest BCUT2D eigenvalue weighted by Gasteiger charge is -2.06. The van der Waals surface area contributed by atoms with Gasteiger partial charge in [0.2, 0.25) is 0 Å². The minimum Gasteiger partial charge on any atom is -0.454 e. The molecule has 0 aliphatic carbocycles. The summed E-state index contributed by atoms with van der Waals surface area (Å²) in [6.07, 6.45) is 0. The number of carbonyl (C=O) groups is 1. The molecule has 2 rings (SSSR count). The maximum Gasteiger partial charge on any atom is 0.332 e. The SMILES string of the molecule is O=C(F)c1ccc(F)c(Oc2ccccc2)c1. The van der Waals surface area contributed by atoms with Gasteiger partial charge in [-0.05, 0) is 30.3 Å². The van der Waals surface area contributed by atoms with Crippen molar-refractivity contribution in [2.45, 2.75) is 0 Å². The lowest BCUT2D eigenvalue weighted by atomic mass is 10.2. The Hall–Kier alpha value is -2.23. The second-order valence-corrected chi connectivity index (χ2v) is 3.33. The number of hydrogen-bond acceptors (Lipinski definition) is 2. The summed E-state index contributed by atoms with van der Waals surface area (Å²) < 4.78 is 31.0. The summed E-state index contributed by atoms with van der Waals surface area (Å²) in [5, 5.41) is 0. The molecule has 0 heterocycles. The van der Waals surface area contributed by atoms with E-state index in [4.69, 9.17) is 4.74 Å². The zero-order chi connectivity index (χ0) is 12.3. The van der Waals surface area contributed by atoms with Gasteiger partial charge in [0.25, 0.3) is 0 Å². The van der Waals surface area contributed by atoms with E-state index < -0.39 is 11.9 Å². The van der Waals surface area contributed by atoms with E-state index in [2.05, 4.69) is 0 Å². The first-order valence-electron chi connectivity index (χ1n) is 4.89. The predicted octanol–water partition coefficient (Wildman–Crippen LogP) is 3.73. The monoisotopic (exact) mass is 234 g/mol. The van der Waals surface area contributed by atoms with Crippen LogP contribution >= 0.6 is 0 Å². The molecule has 2 aromatic rings. The number of halogens is 2. The smallest absolute Gasteiger partial charge is 0.332 e. The molecule has 0 radical (unpaired) electrons. The molecular weight excluding hydrogens is 226 g/mol. The summed E-state index contributed by atoms with van der Waals surface area (Å²) in [7, 11) is 0. The van der Waals surface area contributed by atoms with Gasteiger partial charge in [-0.15, -0.1) is 0 Å². The quantitative estimate of drug-likeness (QED) is 0.756. The van der Waals surface area contributed by atoms with Gasteiger partial charge in [0.15, 0.2) is 11.6 Å². The standard InChI is InChI=1S/C13H8F2O2/c14-11-7-6-9(13(15)16)8-12(11)17-10-4-2-1-3-5-10/h1-8H. The first-order valence-corrected chi connectivity index (χ1v) is 4.89. The number of benzene rings is 2. The first-order chi connectivity index (χ1) is 8.16. The van der Waals surface area contributed by atoms with Crippen LogP contribution in [0.5, 0.6) is 11.5 Å². The molecule has 4 heteroatoms. The Morgan fingerprint density at radius 3 is 2.41 bits per heavy atom. The van der Waals surface area contributed by atoms with Crippen molar-refractivity contribution in [3.63, 3.8) is 0 Å². The van der Waals surface area contributed by atoms with E-state index in [1.165, 1.54) is 0 Å². The van der Waals surface area contributed by atoms with Crippen LogP contribution < -0.4 is 4.74 Å². The van der Waals surface area contributed by atoms with Crippen molar-refractivity contribution in [3.8, 4) is 11.5 Å². The van der Waals surface area contributed by atoms with Gasteiger partial charge in [0.05, 0.1) is 5.56 Å². The highest BCUT2D eigenvalue weighted by Crippen LogP contribution is 2.25. The van der Waals surface area contributed by atoms with E-state index in [0.717, 1.165) is 18.2 Å². The Morgan fingerprint density at radius 2 is 1.76 bits per heavy atom. The Kier molecular flexibility index (Phi) is 3.14. The highest BCUT2D eigenvalue weighted by molar-refractivity contribution is 5.88. The van der Waals surface area contributed by atoms with Crippen molar-refractivity contribution >= 4 is 6.04 Å². The molecule has 0 aliphatic heterocycles. The minimum absolute atomic E-state index is 0.181. The molecule has 0 fully saturated rings. The second kappa shape index (κ2) is 4.74. The zero-order valence-corrected chi connectivity index (χ0v) is 8.69. The van der Waals surface area contributed by atoms with Crippen molar-refractivity contribution in [1.29, 1.82) is 0 Å². The molecule has 86 valence electrons. The Labute approximate surface area is 96.5 Å². The maximum absolute atomic E-state index is 13.4. The van der Waals surface area contributed by atoms with Crippen LogP contribution in [-0.4, -0.2) is 6.04 Å². The van der Waals surface area contributed by atoms with Crippen LogP contribution in [0.2, 0.25) is 0 Å². The summed E-state index contributed by atoms with van der Waals surface area (Å²) in [4.78, 5) is 10.5. The summed E-state index contributed by atoms with van der Waals surface area (Å²) in [5.41, 5.74) is -0.239. The van der Waals surface area contributed by atoms with Gasteiger partial charge >= 0.3 is 6.04 Å². The Morgan fingerprint density at radius 1 is 1.06 bits per heavy atom. The fourth-order valence-corrected chi connectivity index (χ4v) is 1.32. The van der Waals surface area contributed by atoms with Crippen LogP contribution in [0.1, 0.15) is 10.4 Å². The summed E-state index contributed by atoms with van der Waals surface area (Å²) >= 11 is 0. The molecule has 17 heavy (non-hydrogen) atoms. The average Bonchev–Trinajstić information content (AvgIpc) is 2.33. The third-order valence-electron chi connectivity index (χ3n) is 2.13. The predicted molar refractivity (Wildman–Crippen MR) is 58.4 cm³/mol. The van der Waals surface area contributed by atoms with Crippen molar-refractivity contribution in [2.75, 3.05) is 0 Å². The number of para-hydroxylation sites is 1. The summed E-state index contributed by atoms with van der Waals surface area (Å²) in [6, 6.07) is 9.94. The van der Waals surface area contributed by atoms with E-state index in [-0.39, 0.29) is 11.3 Å². The Bertz CT molecular complexity index is 538. The number of rotatable bonds is 3. The van der Waals surface area contributed by atoms with Crippen molar-refractivity contribution < 1.29 is 18.3 Å². The number of carbonyl (C=O) groups excluding carboxylic acids is 1. The van der Waals surface area contributed by atoms with Gasteiger partial charge in [-0.3, -0.25) is 4.79 Å². The maximum atomic E-state index is 13.4. The average molecular weight is 234 g/mol. The summed E-state index contributed by atoms with van der Waals surface area (Å²) in [6.45, 7) is 0. The van der Waals surface area contributed by atoms with Crippen molar-refractivity contribution in [1.82, 2.24) is 0 Å². The normalized spacial score (nSPS) is 10.0. The molecule has 0 unspecified atom stereocenters. The lowest BCUT2D eigenvalue weighted by Crippen LogP contribution is -1.94. The number of ether oxygens (including phenoxy) is 1. The molecule has 0 N–H and O–H groups in total. The van der Waals surface area contributed by atoms with Gasteiger partial charge in [-0.25, -0.2) is 4.39 Å². The third kappa shape index (κ3) is 2.66. The van der Waals surface area contributed by atoms with E-state index in [9.17, 15) is 13.6 Å². The molecule has 2 aromatic carbocycles. The molecular formula is C13H8F2O2. The van der Waals surface area contributed by atoms with Crippen LogP contribution in [0.15, 0.2) is 48.5 Å². The molecule has 0 saturated carbocycles. The minimum atomic E-state index is -1.62. The molecule has 2 nitrogen and oxygen atoms in total. The van der Waals surface area contributed by atoms with Crippen molar-refractivity contribution in [3.05, 3.63) is 59.9 Å². The summed E-state index contributed by atoms with van der Waals surface area (Å²) in [5.74, 6) is -0.423. The number of hydrogen-bond donors (Lipinski definition) is 0. The molecule has 0 aliphatic rings. The van der Waals surface area contributed by atoms with E-state index in [1.54, 1.807) is 30.3 Å². The van der Waals surface area contributed by atoms with Gasteiger partial charge < -0.3 is 4.74 Å². The molecule has 0 amide bonds. The van der Waals surface area contributed by atoms with Gasteiger partial charge in [-0.1, -0.05) is 18.2 Å². The van der Waals surface area contributed by atoms with Crippen molar-refractivity contribution in [2.24, 2.45) is 0 Å². The second-order valence-electron chi connectivity index (χ2n) is 3.33. The largest absolute Gasteiger partial charge is 0.454 e. The fourth-order valence-electron chi connectivity index (χ4n) is 1.32. The highest BCUT2D eigenvalue weighted by atomic mass is 19.1. The lowest BCUT2D eigenvalue weighted by molar-refractivity contribution is 0.0835. The zero-order valence-electron chi connectivity index (χ0n) is 8.69. The molecule has 0 bridgehead atoms. The van der Waals surface area contributed by atoms with Gasteiger partial charge in [0.1, 0.15) is 5.75 Å². The molecule has 0 spiro atoms. The Balaban J connectivity index is 2.32. The van der Waals surface area contributed by atoms with Crippen LogP contribution in [-0.2, 0) is 0 Å². The van der Waals surface area contributed by atoms with E-state index >= 15 is 0 Å². The molecule has 0 atom stereocenters. The van der Waals surface area contributed by atoms with Crippen LogP contribution in [0.25, 0.3) is 0 Å². The van der Waals surface area contributed by atoms with E-state index in [0.29, 0.717) is 5.75 Å². The van der Waals surface area contributed by atoms with Crippen LogP contribution in [0.4, 0.5) is 8.78 Å². The molecule has 0 aromatic heterocycles. The van der Waals surface area contributed by atoms with Crippen LogP contribution in [0, 0.1) is 5.82 Å².